The molecule has 0 unspecified atom stereocenters. The van der Waals surface area contributed by atoms with E-state index in [0.29, 0.717) is 13.2 Å². The summed E-state index contributed by atoms with van der Waals surface area (Å²) < 4.78 is 5.54. The molecule has 0 spiro atoms. The van der Waals surface area contributed by atoms with Gasteiger partial charge in [0, 0.05) is 17.1 Å². The van der Waals surface area contributed by atoms with Gasteiger partial charge in [-0.2, -0.15) is 0 Å². The van der Waals surface area contributed by atoms with E-state index in [4.69, 9.17) is 10.5 Å². The van der Waals surface area contributed by atoms with Gasteiger partial charge in [0.15, 0.2) is 0 Å². The smallest absolute Gasteiger partial charge is 0.312 e. The minimum Gasteiger partial charge on any atom is -0.491 e. The van der Waals surface area contributed by atoms with Crippen LogP contribution in [0, 0.1) is 0 Å². The molecule has 2 amide bonds. The molecule has 0 saturated heterocycles. The molecule has 0 aliphatic rings. The van der Waals surface area contributed by atoms with Crippen molar-refractivity contribution in [2.45, 2.75) is 0 Å². The topological polar surface area (TPSA) is 80.1 Å². The average Bonchev–Trinajstić information content (AvgIpc) is 2.72. The molecule has 2 rings (SSSR count). The summed E-state index contributed by atoms with van der Waals surface area (Å²) in [4.78, 5) is 13.5. The van der Waals surface area contributed by atoms with E-state index in [2.05, 4.69) is 10.3 Å². The van der Waals surface area contributed by atoms with Crippen LogP contribution < -0.4 is 15.8 Å². The molecule has 4 N–H and O–H groups in total. The molecule has 0 saturated carbocycles. The number of hydrogen-bond acceptors (Lipinski definition) is 2. The Morgan fingerprint density at radius 1 is 1.44 bits per heavy atom. The molecule has 0 aliphatic heterocycles. The number of aromatic amines is 1. The molecule has 5 nitrogen and oxygen atoms in total. The second kappa shape index (κ2) is 4.57. The number of carbonyl (C=O) groups excluding carboxylic acids is 1. The first kappa shape index (κ1) is 10.4. The van der Waals surface area contributed by atoms with Gasteiger partial charge in [-0.3, -0.25) is 0 Å². The Morgan fingerprint density at radius 3 is 3.12 bits per heavy atom. The van der Waals surface area contributed by atoms with Crippen molar-refractivity contribution >= 4 is 16.9 Å². The number of nitrogens with two attached hydrogens (primary N) is 1. The van der Waals surface area contributed by atoms with E-state index in [0.717, 1.165) is 16.7 Å². The number of amides is 2. The van der Waals surface area contributed by atoms with E-state index in [-0.39, 0.29) is 0 Å². The highest BCUT2D eigenvalue weighted by Crippen LogP contribution is 2.24. The number of primary amides is 1. The molecule has 1 aromatic heterocycles. The van der Waals surface area contributed by atoms with Crippen LogP contribution in [0.2, 0.25) is 0 Å². The average molecular weight is 219 g/mol. The Hall–Kier alpha value is -2.17. The highest BCUT2D eigenvalue weighted by Gasteiger charge is 2.01. The molecular weight excluding hydrogens is 206 g/mol. The van der Waals surface area contributed by atoms with Crippen LogP contribution in [0.5, 0.6) is 5.75 Å². The van der Waals surface area contributed by atoms with Crippen molar-refractivity contribution in [1.29, 1.82) is 0 Å². The van der Waals surface area contributed by atoms with E-state index in [1.807, 2.05) is 30.5 Å². The monoisotopic (exact) mass is 219 g/mol. The summed E-state index contributed by atoms with van der Waals surface area (Å²) >= 11 is 0. The largest absolute Gasteiger partial charge is 0.491 e. The van der Waals surface area contributed by atoms with E-state index >= 15 is 0 Å². The molecule has 1 aromatic carbocycles. The van der Waals surface area contributed by atoms with Gasteiger partial charge in [-0.05, 0) is 18.2 Å². The predicted molar refractivity (Wildman–Crippen MR) is 61.4 cm³/mol. The quantitative estimate of drug-likeness (QED) is 0.676. The summed E-state index contributed by atoms with van der Waals surface area (Å²) in [6, 6.07) is 7.19. The maximum atomic E-state index is 10.4. The van der Waals surface area contributed by atoms with Crippen LogP contribution in [0.4, 0.5) is 4.79 Å². The third-order valence-corrected chi connectivity index (χ3v) is 2.21. The van der Waals surface area contributed by atoms with Crippen LogP contribution in [0.1, 0.15) is 0 Å². The van der Waals surface area contributed by atoms with Gasteiger partial charge in [0.05, 0.1) is 6.54 Å². The van der Waals surface area contributed by atoms with E-state index in [1.165, 1.54) is 0 Å². The van der Waals surface area contributed by atoms with Gasteiger partial charge in [0.2, 0.25) is 0 Å². The van der Waals surface area contributed by atoms with Crippen molar-refractivity contribution in [1.82, 2.24) is 10.3 Å². The second-order valence-corrected chi connectivity index (χ2v) is 3.33. The van der Waals surface area contributed by atoms with Crippen LogP contribution in [-0.4, -0.2) is 24.2 Å². The number of urea groups is 1. The minimum absolute atomic E-state index is 0.396. The molecule has 0 fully saturated rings. The van der Waals surface area contributed by atoms with Crippen molar-refractivity contribution in [3.8, 4) is 5.75 Å². The molecule has 0 atom stereocenters. The zero-order chi connectivity index (χ0) is 11.4. The fourth-order valence-electron chi connectivity index (χ4n) is 1.52. The minimum atomic E-state index is -0.538. The molecule has 2 aromatic rings. The van der Waals surface area contributed by atoms with Crippen LogP contribution in [0.25, 0.3) is 10.9 Å². The maximum Gasteiger partial charge on any atom is 0.312 e. The predicted octanol–water partition coefficient (Wildman–Crippen LogP) is 1.21. The highest BCUT2D eigenvalue weighted by atomic mass is 16.5. The third-order valence-electron chi connectivity index (χ3n) is 2.21. The van der Waals surface area contributed by atoms with E-state index in [1.54, 1.807) is 0 Å². The van der Waals surface area contributed by atoms with E-state index < -0.39 is 6.03 Å². The first-order valence-electron chi connectivity index (χ1n) is 4.99. The van der Waals surface area contributed by atoms with Gasteiger partial charge < -0.3 is 20.8 Å². The van der Waals surface area contributed by atoms with Crippen LogP contribution in [0.3, 0.4) is 0 Å². The molecule has 0 aliphatic carbocycles. The number of aromatic nitrogens is 1. The van der Waals surface area contributed by atoms with Gasteiger partial charge in [0.1, 0.15) is 12.4 Å². The lowest BCUT2D eigenvalue weighted by Gasteiger charge is -2.07. The molecule has 84 valence electrons. The fraction of sp³-hybridized carbons (Fsp3) is 0.182. The Morgan fingerprint density at radius 2 is 2.31 bits per heavy atom. The molecule has 0 radical (unpaired) electrons. The number of benzene rings is 1. The fourth-order valence-corrected chi connectivity index (χ4v) is 1.52. The normalized spacial score (nSPS) is 10.2. The van der Waals surface area contributed by atoms with Gasteiger partial charge in [-0.25, -0.2) is 4.79 Å². The van der Waals surface area contributed by atoms with Gasteiger partial charge in [0.25, 0.3) is 0 Å². The van der Waals surface area contributed by atoms with Gasteiger partial charge in [-0.15, -0.1) is 0 Å². The van der Waals surface area contributed by atoms with Crippen LogP contribution in [0.15, 0.2) is 30.5 Å². The molecule has 5 heteroatoms. The van der Waals surface area contributed by atoms with Crippen molar-refractivity contribution in [3.05, 3.63) is 30.5 Å². The summed E-state index contributed by atoms with van der Waals surface area (Å²) in [5, 5.41) is 3.49. The summed E-state index contributed by atoms with van der Waals surface area (Å²) in [7, 11) is 0. The Balaban J connectivity index is 1.98. The number of H-pyrrole nitrogens is 1. The Labute approximate surface area is 92.6 Å². The molecule has 1 heterocycles. The summed E-state index contributed by atoms with van der Waals surface area (Å²) in [5.41, 5.74) is 5.96. The first-order valence-corrected chi connectivity index (χ1v) is 4.99. The number of carbonyl (C=O) groups is 1. The summed E-state index contributed by atoms with van der Waals surface area (Å²) in [6.07, 6.45) is 1.86. The SMILES string of the molecule is NC(=O)NCCOc1cccc2[nH]ccc12. The first-order chi connectivity index (χ1) is 7.77. The zero-order valence-corrected chi connectivity index (χ0v) is 8.69. The van der Waals surface area contributed by atoms with E-state index in [9.17, 15) is 4.79 Å². The van der Waals surface area contributed by atoms with Gasteiger partial charge in [-0.1, -0.05) is 6.07 Å². The molecule has 0 bridgehead atoms. The standard InChI is InChI=1S/C11H13N3O2/c12-11(15)14-6-7-16-10-3-1-2-9-8(10)4-5-13-9/h1-5,13H,6-7H2,(H3,12,14,15). The lowest BCUT2D eigenvalue weighted by Crippen LogP contribution is -2.32. The van der Waals surface area contributed by atoms with Gasteiger partial charge >= 0.3 is 6.03 Å². The maximum absolute atomic E-state index is 10.4. The molecular formula is C11H13N3O2. The third kappa shape index (κ3) is 2.25. The summed E-state index contributed by atoms with van der Waals surface area (Å²) in [5.74, 6) is 0.796. The Kier molecular flexibility index (Phi) is 2.95. The number of fused-ring (bicyclic) bond motifs is 1. The summed E-state index contributed by atoms with van der Waals surface area (Å²) in [6.45, 7) is 0.795. The number of nitrogens with one attached hydrogen (secondary N) is 2. The molecule has 16 heavy (non-hydrogen) atoms. The number of rotatable bonds is 4. The van der Waals surface area contributed by atoms with Crippen LogP contribution in [-0.2, 0) is 0 Å². The Bertz CT molecular complexity index is 493. The van der Waals surface area contributed by atoms with Crippen LogP contribution >= 0.6 is 0 Å². The lowest BCUT2D eigenvalue weighted by molar-refractivity contribution is 0.244. The van der Waals surface area contributed by atoms with Crippen molar-refractivity contribution in [3.63, 3.8) is 0 Å². The zero-order valence-electron chi connectivity index (χ0n) is 8.69. The number of hydrogen-bond donors (Lipinski definition) is 3. The van der Waals surface area contributed by atoms with Crippen molar-refractivity contribution in [2.24, 2.45) is 5.73 Å². The highest BCUT2D eigenvalue weighted by molar-refractivity contribution is 5.85. The number of ether oxygens (including phenoxy) is 1. The van der Waals surface area contributed by atoms with Crippen molar-refractivity contribution in [2.75, 3.05) is 13.2 Å². The second-order valence-electron chi connectivity index (χ2n) is 3.33. The lowest BCUT2D eigenvalue weighted by atomic mass is 10.2. The van der Waals surface area contributed by atoms with Crippen molar-refractivity contribution < 1.29 is 9.53 Å².